The molecule has 2 aromatic carbocycles. The zero-order chi connectivity index (χ0) is 14.4. The molecule has 0 fully saturated rings. The van der Waals surface area contributed by atoms with Gasteiger partial charge in [-0.1, -0.05) is 41.9 Å². The van der Waals surface area contributed by atoms with Gasteiger partial charge in [-0.2, -0.15) is 0 Å². The van der Waals surface area contributed by atoms with Gasteiger partial charge in [0, 0.05) is 10.6 Å². The van der Waals surface area contributed by atoms with E-state index < -0.39 is 12.1 Å². The molecule has 4 heteroatoms. The van der Waals surface area contributed by atoms with Crippen LogP contribution in [0.15, 0.2) is 54.6 Å². The SMILES string of the molecule is CCOC(=O)C(Oc1ccccc1)c1ccc(Cl)cc1. The molecule has 0 aromatic heterocycles. The summed E-state index contributed by atoms with van der Waals surface area (Å²) in [4.78, 5) is 12.1. The van der Waals surface area contributed by atoms with E-state index in [9.17, 15) is 4.79 Å². The summed E-state index contributed by atoms with van der Waals surface area (Å²) in [7, 11) is 0. The number of carbonyl (C=O) groups is 1. The molecule has 20 heavy (non-hydrogen) atoms. The summed E-state index contributed by atoms with van der Waals surface area (Å²) in [6, 6.07) is 16.1. The minimum Gasteiger partial charge on any atom is -0.474 e. The summed E-state index contributed by atoms with van der Waals surface area (Å²) in [5.74, 6) is 0.194. The van der Waals surface area contributed by atoms with Crippen LogP contribution >= 0.6 is 11.6 Å². The van der Waals surface area contributed by atoms with Crippen LogP contribution in [0.4, 0.5) is 0 Å². The maximum atomic E-state index is 12.1. The van der Waals surface area contributed by atoms with E-state index in [1.54, 1.807) is 43.3 Å². The standard InChI is InChI=1S/C16H15ClO3/c1-2-19-16(18)15(12-8-10-13(17)11-9-12)20-14-6-4-3-5-7-14/h3-11,15H,2H2,1H3. The Bertz CT molecular complexity index is 552. The molecule has 0 radical (unpaired) electrons. The highest BCUT2D eigenvalue weighted by Gasteiger charge is 2.24. The fourth-order valence-corrected chi connectivity index (χ4v) is 1.87. The van der Waals surface area contributed by atoms with E-state index in [1.165, 1.54) is 0 Å². The second-order valence-electron chi connectivity index (χ2n) is 4.11. The van der Waals surface area contributed by atoms with Gasteiger partial charge in [-0.05, 0) is 31.2 Å². The second kappa shape index (κ2) is 6.96. The predicted octanol–water partition coefficient (Wildman–Crippen LogP) is 4.02. The Morgan fingerprint density at radius 1 is 1.10 bits per heavy atom. The lowest BCUT2D eigenvalue weighted by atomic mass is 10.1. The Balaban J connectivity index is 2.25. The van der Waals surface area contributed by atoms with Crippen LogP contribution in [0, 0.1) is 0 Å². The first-order valence-electron chi connectivity index (χ1n) is 6.34. The van der Waals surface area contributed by atoms with E-state index in [0.29, 0.717) is 22.9 Å². The Hall–Kier alpha value is -2.00. The molecule has 0 saturated carbocycles. The maximum absolute atomic E-state index is 12.1. The third-order valence-electron chi connectivity index (χ3n) is 2.67. The maximum Gasteiger partial charge on any atom is 0.352 e. The third-order valence-corrected chi connectivity index (χ3v) is 2.92. The third kappa shape index (κ3) is 3.75. The van der Waals surface area contributed by atoms with Gasteiger partial charge in [0.05, 0.1) is 6.61 Å². The minimum atomic E-state index is -0.797. The number of rotatable bonds is 5. The molecule has 0 saturated heterocycles. The smallest absolute Gasteiger partial charge is 0.352 e. The lowest BCUT2D eigenvalue weighted by Crippen LogP contribution is -2.21. The Morgan fingerprint density at radius 3 is 2.35 bits per heavy atom. The number of hydrogen-bond donors (Lipinski definition) is 0. The lowest BCUT2D eigenvalue weighted by Gasteiger charge is -2.18. The van der Waals surface area contributed by atoms with Crippen molar-refractivity contribution in [2.75, 3.05) is 6.61 Å². The number of halogens is 1. The van der Waals surface area contributed by atoms with E-state index in [2.05, 4.69) is 0 Å². The fourth-order valence-electron chi connectivity index (χ4n) is 1.74. The first-order valence-corrected chi connectivity index (χ1v) is 6.72. The van der Waals surface area contributed by atoms with Crippen molar-refractivity contribution < 1.29 is 14.3 Å². The monoisotopic (exact) mass is 290 g/mol. The van der Waals surface area contributed by atoms with Gasteiger partial charge in [-0.3, -0.25) is 0 Å². The van der Waals surface area contributed by atoms with Gasteiger partial charge in [-0.25, -0.2) is 4.79 Å². The molecule has 2 aromatic rings. The van der Waals surface area contributed by atoms with Gasteiger partial charge < -0.3 is 9.47 Å². The summed E-state index contributed by atoms with van der Waals surface area (Å²) in [6.07, 6.45) is -0.797. The Labute approximate surface area is 123 Å². The molecule has 0 amide bonds. The number of para-hydroxylation sites is 1. The van der Waals surface area contributed by atoms with Crippen molar-refractivity contribution in [3.05, 3.63) is 65.2 Å². The second-order valence-corrected chi connectivity index (χ2v) is 4.55. The molecule has 0 bridgehead atoms. The van der Waals surface area contributed by atoms with Crippen LogP contribution in [0.2, 0.25) is 5.02 Å². The number of benzene rings is 2. The van der Waals surface area contributed by atoms with Gasteiger partial charge in [-0.15, -0.1) is 0 Å². The highest BCUT2D eigenvalue weighted by molar-refractivity contribution is 6.30. The summed E-state index contributed by atoms with van der Waals surface area (Å²) in [6.45, 7) is 2.07. The Morgan fingerprint density at radius 2 is 1.75 bits per heavy atom. The van der Waals surface area contributed by atoms with Crippen molar-refractivity contribution in [3.8, 4) is 5.75 Å². The van der Waals surface area contributed by atoms with Crippen molar-refractivity contribution in [1.82, 2.24) is 0 Å². The van der Waals surface area contributed by atoms with E-state index in [4.69, 9.17) is 21.1 Å². The molecule has 0 N–H and O–H groups in total. The zero-order valence-corrected chi connectivity index (χ0v) is 11.8. The van der Waals surface area contributed by atoms with Crippen LogP contribution in [0.5, 0.6) is 5.75 Å². The molecule has 104 valence electrons. The minimum absolute atomic E-state index is 0.307. The molecule has 0 aliphatic rings. The van der Waals surface area contributed by atoms with Crippen LogP contribution in [-0.2, 0) is 9.53 Å². The molecule has 0 aliphatic carbocycles. The average Bonchev–Trinajstić information content (AvgIpc) is 2.47. The number of esters is 1. The lowest BCUT2D eigenvalue weighted by molar-refractivity contribution is -0.151. The van der Waals surface area contributed by atoms with Crippen LogP contribution in [0.3, 0.4) is 0 Å². The zero-order valence-electron chi connectivity index (χ0n) is 11.1. The quantitative estimate of drug-likeness (QED) is 0.780. The van der Waals surface area contributed by atoms with Gasteiger partial charge >= 0.3 is 5.97 Å². The molecule has 0 spiro atoms. The normalized spacial score (nSPS) is 11.7. The summed E-state index contributed by atoms with van der Waals surface area (Å²) in [5, 5.41) is 0.607. The van der Waals surface area contributed by atoms with E-state index in [0.717, 1.165) is 0 Å². The fraction of sp³-hybridized carbons (Fsp3) is 0.188. The first-order chi connectivity index (χ1) is 9.70. The van der Waals surface area contributed by atoms with Crippen molar-refractivity contribution in [2.24, 2.45) is 0 Å². The van der Waals surface area contributed by atoms with Crippen molar-refractivity contribution in [3.63, 3.8) is 0 Å². The molecule has 3 nitrogen and oxygen atoms in total. The predicted molar refractivity (Wildman–Crippen MR) is 77.9 cm³/mol. The van der Waals surface area contributed by atoms with Crippen LogP contribution in [0.1, 0.15) is 18.6 Å². The van der Waals surface area contributed by atoms with Crippen molar-refractivity contribution in [1.29, 1.82) is 0 Å². The van der Waals surface area contributed by atoms with Crippen LogP contribution in [0.25, 0.3) is 0 Å². The van der Waals surface area contributed by atoms with E-state index in [1.807, 2.05) is 18.2 Å². The topological polar surface area (TPSA) is 35.5 Å². The molecule has 1 atom stereocenters. The van der Waals surface area contributed by atoms with Gasteiger partial charge in [0.25, 0.3) is 0 Å². The molecule has 2 rings (SSSR count). The van der Waals surface area contributed by atoms with Gasteiger partial charge in [0.15, 0.2) is 0 Å². The highest BCUT2D eigenvalue weighted by atomic mass is 35.5. The largest absolute Gasteiger partial charge is 0.474 e. The van der Waals surface area contributed by atoms with Crippen LogP contribution < -0.4 is 4.74 Å². The summed E-state index contributed by atoms with van der Waals surface area (Å²) in [5.41, 5.74) is 0.705. The molecule has 0 aliphatic heterocycles. The van der Waals surface area contributed by atoms with Gasteiger partial charge in [0.2, 0.25) is 6.10 Å². The summed E-state index contributed by atoms with van der Waals surface area (Å²) < 4.78 is 10.8. The number of hydrogen-bond acceptors (Lipinski definition) is 3. The molecular formula is C16H15ClO3. The van der Waals surface area contributed by atoms with Gasteiger partial charge in [0.1, 0.15) is 5.75 Å². The van der Waals surface area contributed by atoms with E-state index >= 15 is 0 Å². The van der Waals surface area contributed by atoms with Crippen LogP contribution in [-0.4, -0.2) is 12.6 Å². The molecule has 0 heterocycles. The number of ether oxygens (including phenoxy) is 2. The number of carbonyl (C=O) groups excluding carboxylic acids is 1. The van der Waals surface area contributed by atoms with Crippen molar-refractivity contribution in [2.45, 2.75) is 13.0 Å². The average molecular weight is 291 g/mol. The first kappa shape index (κ1) is 14.4. The molecule has 1 unspecified atom stereocenters. The van der Waals surface area contributed by atoms with Crippen molar-refractivity contribution >= 4 is 17.6 Å². The van der Waals surface area contributed by atoms with E-state index in [-0.39, 0.29) is 0 Å². The molecular weight excluding hydrogens is 276 g/mol. The Kier molecular flexibility index (Phi) is 5.02. The summed E-state index contributed by atoms with van der Waals surface area (Å²) >= 11 is 5.86. The highest BCUT2D eigenvalue weighted by Crippen LogP contribution is 2.24.